The first kappa shape index (κ1) is 17.3. The van der Waals surface area contributed by atoms with Crippen molar-refractivity contribution >= 4 is 23.5 Å². The smallest absolute Gasteiger partial charge is 0.315 e. The quantitative estimate of drug-likeness (QED) is 0.843. The van der Waals surface area contributed by atoms with Crippen molar-refractivity contribution in [3.63, 3.8) is 0 Å². The van der Waals surface area contributed by atoms with Crippen molar-refractivity contribution in [1.82, 2.24) is 15.5 Å². The third kappa shape index (κ3) is 4.49. The number of rotatable bonds is 5. The third-order valence-corrected chi connectivity index (χ3v) is 4.63. The fraction of sp³-hybridized carbons (Fsp3) is 0.500. The number of benzene rings is 1. The molecule has 4 amide bonds. The summed E-state index contributed by atoms with van der Waals surface area (Å²) in [5.41, 5.74) is 1.84. The van der Waals surface area contributed by atoms with E-state index in [2.05, 4.69) is 10.6 Å². The summed E-state index contributed by atoms with van der Waals surface area (Å²) in [5.74, 6) is 0.125. The number of carbonyl (C=O) groups is 3. The van der Waals surface area contributed by atoms with Gasteiger partial charge in [0, 0.05) is 38.3 Å². The van der Waals surface area contributed by atoms with E-state index in [0.717, 1.165) is 50.1 Å². The van der Waals surface area contributed by atoms with E-state index in [1.54, 1.807) is 9.80 Å². The van der Waals surface area contributed by atoms with Crippen molar-refractivity contribution in [2.75, 3.05) is 31.1 Å². The molecule has 3 rings (SSSR count). The third-order valence-electron chi connectivity index (χ3n) is 4.63. The second-order valence-corrected chi connectivity index (χ2v) is 6.44. The Morgan fingerprint density at radius 3 is 2.32 bits per heavy atom. The van der Waals surface area contributed by atoms with Crippen molar-refractivity contribution in [2.45, 2.75) is 32.2 Å². The van der Waals surface area contributed by atoms with Gasteiger partial charge in [-0.05, 0) is 37.0 Å². The van der Waals surface area contributed by atoms with Crippen LogP contribution in [0.4, 0.5) is 10.5 Å². The molecule has 0 radical (unpaired) electrons. The van der Waals surface area contributed by atoms with Crippen LogP contribution in [0.5, 0.6) is 0 Å². The van der Waals surface area contributed by atoms with Gasteiger partial charge in [-0.3, -0.25) is 9.59 Å². The molecular formula is C18H24N4O3. The van der Waals surface area contributed by atoms with Gasteiger partial charge in [0.1, 0.15) is 0 Å². The Labute approximate surface area is 147 Å². The van der Waals surface area contributed by atoms with E-state index < -0.39 is 0 Å². The summed E-state index contributed by atoms with van der Waals surface area (Å²) in [5, 5.41) is 5.34. The van der Waals surface area contributed by atoms with E-state index in [1.165, 1.54) is 0 Å². The fourth-order valence-electron chi connectivity index (χ4n) is 3.19. The molecule has 0 unspecified atom stereocenters. The van der Waals surface area contributed by atoms with Gasteiger partial charge in [-0.15, -0.1) is 0 Å². The van der Waals surface area contributed by atoms with Crippen molar-refractivity contribution < 1.29 is 14.4 Å². The molecule has 0 spiro atoms. The van der Waals surface area contributed by atoms with Crippen LogP contribution in [0.25, 0.3) is 0 Å². The van der Waals surface area contributed by atoms with E-state index in [0.29, 0.717) is 13.0 Å². The van der Waals surface area contributed by atoms with Crippen molar-refractivity contribution in [1.29, 1.82) is 0 Å². The molecule has 134 valence electrons. The summed E-state index contributed by atoms with van der Waals surface area (Å²) < 4.78 is 0. The Balaban J connectivity index is 1.41. The summed E-state index contributed by atoms with van der Waals surface area (Å²) in [6, 6.07) is 7.24. The van der Waals surface area contributed by atoms with E-state index in [4.69, 9.17) is 0 Å². The van der Waals surface area contributed by atoms with Gasteiger partial charge in [0.25, 0.3) is 0 Å². The first-order valence-corrected chi connectivity index (χ1v) is 8.82. The highest BCUT2D eigenvalue weighted by atomic mass is 16.2. The first-order valence-electron chi connectivity index (χ1n) is 8.82. The van der Waals surface area contributed by atoms with Crippen LogP contribution < -0.4 is 15.5 Å². The minimum absolute atomic E-state index is 0.0296. The van der Waals surface area contributed by atoms with Crippen molar-refractivity contribution in [3.8, 4) is 0 Å². The number of anilines is 1. The molecule has 2 aliphatic rings. The summed E-state index contributed by atoms with van der Waals surface area (Å²) in [6.45, 7) is 2.74. The van der Waals surface area contributed by atoms with Crippen molar-refractivity contribution in [2.24, 2.45) is 0 Å². The molecule has 2 N–H and O–H groups in total. The lowest BCUT2D eigenvalue weighted by Crippen LogP contribution is -2.42. The number of hydrogen-bond acceptors (Lipinski definition) is 3. The van der Waals surface area contributed by atoms with E-state index in [-0.39, 0.29) is 24.4 Å². The Bertz CT molecular complexity index is 638. The van der Waals surface area contributed by atoms with Crippen LogP contribution in [0.1, 0.15) is 31.2 Å². The van der Waals surface area contributed by atoms with Crippen molar-refractivity contribution in [3.05, 3.63) is 29.8 Å². The number of amides is 4. The molecule has 7 nitrogen and oxygen atoms in total. The average Bonchev–Trinajstić information content (AvgIpc) is 3.30. The van der Waals surface area contributed by atoms with Crippen LogP contribution in [-0.4, -0.2) is 48.9 Å². The normalized spacial score (nSPS) is 17.0. The Morgan fingerprint density at radius 1 is 0.960 bits per heavy atom. The van der Waals surface area contributed by atoms with Gasteiger partial charge in [0.15, 0.2) is 0 Å². The number of likely N-dealkylation sites (tertiary alicyclic amines) is 1. The van der Waals surface area contributed by atoms with Gasteiger partial charge in [0.2, 0.25) is 11.8 Å². The Kier molecular flexibility index (Phi) is 5.53. The maximum Gasteiger partial charge on any atom is 0.315 e. The maximum absolute atomic E-state index is 11.9. The standard InChI is InChI=1S/C18H24N4O3/c23-16-4-3-11-22(16)15-7-5-14(6-8-15)12-19-18(25)20-13-17(24)21-9-1-2-10-21/h5-8H,1-4,9-13H2,(H2,19,20,25). The van der Waals surface area contributed by atoms with Gasteiger partial charge in [-0.2, -0.15) is 0 Å². The molecule has 0 aromatic heterocycles. The zero-order chi connectivity index (χ0) is 17.6. The predicted molar refractivity (Wildman–Crippen MR) is 94.1 cm³/mol. The van der Waals surface area contributed by atoms with Gasteiger partial charge in [0.05, 0.1) is 6.54 Å². The molecule has 2 aliphatic heterocycles. The SMILES string of the molecule is O=C(NCC(=O)N1CCCC1)NCc1ccc(N2CCCC2=O)cc1. The van der Waals surface area contributed by atoms with Crippen LogP contribution in [-0.2, 0) is 16.1 Å². The molecule has 2 saturated heterocycles. The van der Waals surface area contributed by atoms with Gasteiger partial charge < -0.3 is 20.4 Å². The second-order valence-electron chi connectivity index (χ2n) is 6.44. The molecule has 0 saturated carbocycles. The zero-order valence-corrected chi connectivity index (χ0v) is 14.3. The molecule has 1 aromatic rings. The monoisotopic (exact) mass is 344 g/mol. The van der Waals surface area contributed by atoms with Gasteiger partial charge >= 0.3 is 6.03 Å². The molecule has 25 heavy (non-hydrogen) atoms. The number of nitrogens with one attached hydrogen (secondary N) is 2. The van der Waals surface area contributed by atoms with E-state index in [1.807, 2.05) is 24.3 Å². The van der Waals surface area contributed by atoms with Gasteiger partial charge in [-0.1, -0.05) is 12.1 Å². The zero-order valence-electron chi connectivity index (χ0n) is 14.3. The topological polar surface area (TPSA) is 81.8 Å². The van der Waals surface area contributed by atoms with Gasteiger partial charge in [-0.25, -0.2) is 4.79 Å². The molecule has 0 aliphatic carbocycles. The summed E-state index contributed by atoms with van der Waals surface area (Å²) in [6.07, 6.45) is 3.59. The predicted octanol–water partition coefficient (Wildman–Crippen LogP) is 1.23. The minimum atomic E-state index is -0.355. The molecule has 2 fully saturated rings. The fourth-order valence-corrected chi connectivity index (χ4v) is 3.19. The number of hydrogen-bond donors (Lipinski definition) is 2. The van der Waals surface area contributed by atoms with Crippen LogP contribution in [0.3, 0.4) is 0 Å². The van der Waals surface area contributed by atoms with E-state index in [9.17, 15) is 14.4 Å². The second kappa shape index (κ2) is 8.00. The average molecular weight is 344 g/mol. The molecule has 7 heteroatoms. The highest BCUT2D eigenvalue weighted by Gasteiger charge is 2.21. The molecule has 0 bridgehead atoms. The number of nitrogens with zero attached hydrogens (tertiary/aromatic N) is 2. The molecule has 2 heterocycles. The van der Waals surface area contributed by atoms with E-state index >= 15 is 0 Å². The Hall–Kier alpha value is -2.57. The lowest BCUT2D eigenvalue weighted by molar-refractivity contribution is -0.129. The molecular weight excluding hydrogens is 320 g/mol. The number of urea groups is 1. The summed E-state index contributed by atoms with van der Waals surface area (Å²) >= 11 is 0. The lowest BCUT2D eigenvalue weighted by Gasteiger charge is -2.16. The lowest BCUT2D eigenvalue weighted by atomic mass is 10.2. The highest BCUT2D eigenvalue weighted by molar-refractivity contribution is 5.95. The Morgan fingerprint density at radius 2 is 1.68 bits per heavy atom. The van der Waals surface area contributed by atoms with Crippen LogP contribution in [0.2, 0.25) is 0 Å². The minimum Gasteiger partial charge on any atom is -0.341 e. The largest absolute Gasteiger partial charge is 0.341 e. The van der Waals surface area contributed by atoms with Crippen LogP contribution in [0.15, 0.2) is 24.3 Å². The highest BCUT2D eigenvalue weighted by Crippen LogP contribution is 2.21. The molecule has 0 atom stereocenters. The molecule has 1 aromatic carbocycles. The van der Waals surface area contributed by atoms with Crippen LogP contribution in [0, 0.1) is 0 Å². The maximum atomic E-state index is 11.9. The first-order chi connectivity index (χ1) is 12.1. The number of carbonyl (C=O) groups excluding carboxylic acids is 3. The summed E-state index contributed by atoms with van der Waals surface area (Å²) in [7, 11) is 0. The summed E-state index contributed by atoms with van der Waals surface area (Å²) in [4.78, 5) is 39.0. The van der Waals surface area contributed by atoms with Crippen LogP contribution >= 0.6 is 0 Å².